The van der Waals surface area contributed by atoms with Gasteiger partial charge in [0.25, 0.3) is 0 Å². The summed E-state index contributed by atoms with van der Waals surface area (Å²) in [6.45, 7) is 0. The Morgan fingerprint density at radius 1 is 0.405 bits per heavy atom. The van der Waals surface area contributed by atoms with Crippen molar-refractivity contribution in [3.8, 4) is 34.1 Å². The molecule has 0 fully saturated rings. The van der Waals surface area contributed by atoms with E-state index in [0.717, 1.165) is 11.1 Å². The van der Waals surface area contributed by atoms with Crippen molar-refractivity contribution in [2.24, 2.45) is 0 Å². The van der Waals surface area contributed by atoms with Gasteiger partial charge in [0, 0.05) is 11.1 Å². The van der Waals surface area contributed by atoms with Gasteiger partial charge in [-0.15, -0.1) is 0 Å². The number of hydrogen-bond donors (Lipinski definition) is 0. The van der Waals surface area contributed by atoms with Gasteiger partial charge < -0.3 is 0 Å². The highest BCUT2D eigenvalue weighted by Crippen LogP contribution is 2.48. The molecule has 0 amide bonds. The largest absolute Gasteiger partial charge is 0.0622 e. The highest BCUT2D eigenvalue weighted by Gasteiger charge is 2.26. The Bertz CT molecular complexity index is 2210. The molecule has 194 valence electrons. The Labute approximate surface area is 246 Å². The maximum absolute atomic E-state index is 3.48. The molecule has 2 aliphatic carbocycles. The first-order valence-electron chi connectivity index (χ1n) is 14.4. The second-order valence-corrected chi connectivity index (χ2v) is 10.8. The summed E-state index contributed by atoms with van der Waals surface area (Å²) in [6.07, 6.45) is 12.8. The Balaban J connectivity index is 1.29. The van der Waals surface area contributed by atoms with Gasteiger partial charge in [-0.05, 0) is 90.3 Å². The number of rotatable bonds is 1. The fourth-order valence-electron chi connectivity index (χ4n) is 6.29. The van der Waals surface area contributed by atoms with Crippen molar-refractivity contribution in [3.05, 3.63) is 186 Å². The van der Waals surface area contributed by atoms with E-state index in [0.29, 0.717) is 0 Å². The Kier molecular flexibility index (Phi) is 5.80. The maximum Gasteiger partial charge on any atom is 0.0327 e. The third kappa shape index (κ3) is 4.12. The predicted molar refractivity (Wildman–Crippen MR) is 178 cm³/mol. The zero-order valence-electron chi connectivity index (χ0n) is 23.0. The molecule has 42 heavy (non-hydrogen) atoms. The van der Waals surface area contributed by atoms with E-state index in [-0.39, 0.29) is 0 Å². The van der Waals surface area contributed by atoms with E-state index < -0.39 is 0 Å². The number of allylic oxidation sites excluding steroid dienone is 7. The minimum absolute atomic E-state index is 1.02. The summed E-state index contributed by atoms with van der Waals surface area (Å²) in [5.41, 5.74) is 12.0. The minimum Gasteiger partial charge on any atom is -0.0622 e. The van der Waals surface area contributed by atoms with Gasteiger partial charge in [0.2, 0.25) is 0 Å². The van der Waals surface area contributed by atoms with Crippen LogP contribution >= 0.6 is 0 Å². The minimum atomic E-state index is 1.02. The maximum atomic E-state index is 3.48. The van der Waals surface area contributed by atoms with Gasteiger partial charge >= 0.3 is 0 Å². The molecule has 0 aromatic heterocycles. The van der Waals surface area contributed by atoms with Crippen molar-refractivity contribution in [3.63, 3.8) is 0 Å². The molecule has 8 rings (SSSR count). The first-order chi connectivity index (χ1) is 20.8. The van der Waals surface area contributed by atoms with Crippen molar-refractivity contribution in [1.82, 2.24) is 0 Å². The molecule has 0 heterocycles. The van der Waals surface area contributed by atoms with Crippen LogP contribution in [0.2, 0.25) is 0 Å². The Morgan fingerprint density at radius 2 is 1.05 bits per heavy atom. The van der Waals surface area contributed by atoms with E-state index >= 15 is 0 Å². The molecule has 0 spiro atoms. The van der Waals surface area contributed by atoms with Crippen molar-refractivity contribution in [2.45, 2.75) is 0 Å². The predicted octanol–water partition coefficient (Wildman–Crippen LogP) is 10.5. The lowest BCUT2D eigenvalue weighted by molar-refractivity contribution is 1.58. The molecule has 0 saturated carbocycles. The number of benzene rings is 6. The molecule has 0 saturated heterocycles. The van der Waals surface area contributed by atoms with Crippen molar-refractivity contribution < 1.29 is 0 Å². The van der Waals surface area contributed by atoms with Crippen LogP contribution in [0.25, 0.3) is 49.4 Å². The quantitative estimate of drug-likeness (QED) is 0.185. The lowest BCUT2D eigenvalue weighted by atomic mass is 9.92. The normalized spacial score (nSPS) is 13.1. The zero-order chi connectivity index (χ0) is 27.9. The van der Waals surface area contributed by atoms with E-state index in [4.69, 9.17) is 0 Å². The third-order valence-electron chi connectivity index (χ3n) is 8.27. The number of hydrogen-bond acceptors (Lipinski definition) is 0. The lowest BCUT2D eigenvalue weighted by Gasteiger charge is -2.11. The molecule has 6 aromatic rings. The zero-order valence-corrected chi connectivity index (χ0v) is 23.0. The molecule has 0 bridgehead atoms. The van der Waals surface area contributed by atoms with Gasteiger partial charge in [-0.2, -0.15) is 0 Å². The third-order valence-corrected chi connectivity index (χ3v) is 8.27. The van der Waals surface area contributed by atoms with E-state index in [9.17, 15) is 0 Å². The van der Waals surface area contributed by atoms with Crippen molar-refractivity contribution in [2.75, 3.05) is 0 Å². The van der Waals surface area contributed by atoms with Gasteiger partial charge in [-0.1, -0.05) is 145 Å². The van der Waals surface area contributed by atoms with Crippen LogP contribution < -0.4 is 0 Å². The lowest BCUT2D eigenvalue weighted by Crippen LogP contribution is -1.89. The van der Waals surface area contributed by atoms with Gasteiger partial charge in [0.15, 0.2) is 0 Å². The molecule has 0 unspecified atom stereocenters. The van der Waals surface area contributed by atoms with Crippen molar-refractivity contribution in [1.29, 1.82) is 0 Å². The van der Waals surface area contributed by atoms with Gasteiger partial charge in [0.1, 0.15) is 0 Å². The molecule has 0 heteroatoms. The standard InChI is InChI=1S/C42H26/c1-2-4-14-33(13-3-1)42-40-27-29(21-23-32-16-9-15-30-11-5-7-18-35(30)32)22-25-38(40)39-26-24-34(28-41(39)42)37-20-10-17-31-12-6-8-19-36(31)37/h1-20,22,24-28H. The molecule has 2 aliphatic rings. The highest BCUT2D eigenvalue weighted by molar-refractivity contribution is 6.06. The SMILES string of the molecule is C(#Cc1cccc2ccccc12)c1ccc2c(c1)C(=C1C=CC=CC=C1)c1cc(-c3cccc4ccccc34)ccc1-2. The summed E-state index contributed by atoms with van der Waals surface area (Å²) in [7, 11) is 0. The first-order valence-corrected chi connectivity index (χ1v) is 14.4. The first kappa shape index (κ1) is 24.2. The average Bonchev–Trinajstić information content (AvgIpc) is 3.16. The van der Waals surface area contributed by atoms with Crippen LogP contribution in [0.5, 0.6) is 0 Å². The summed E-state index contributed by atoms with van der Waals surface area (Å²) in [5.74, 6) is 6.95. The van der Waals surface area contributed by atoms with Crippen LogP contribution in [-0.4, -0.2) is 0 Å². The second-order valence-electron chi connectivity index (χ2n) is 10.8. The van der Waals surface area contributed by atoms with Crippen LogP contribution in [0.1, 0.15) is 22.3 Å². The number of fused-ring (bicyclic) bond motifs is 5. The topological polar surface area (TPSA) is 0 Å². The second kappa shape index (κ2) is 10.1. The van der Waals surface area contributed by atoms with Gasteiger partial charge in [0.05, 0.1) is 0 Å². The molecular formula is C42H26. The summed E-state index contributed by atoms with van der Waals surface area (Å²) >= 11 is 0. The average molecular weight is 531 g/mol. The summed E-state index contributed by atoms with van der Waals surface area (Å²) in [4.78, 5) is 0. The molecule has 0 N–H and O–H groups in total. The van der Waals surface area contributed by atoms with E-state index in [1.165, 1.54) is 66.1 Å². The fraction of sp³-hybridized carbons (Fsp3) is 0. The summed E-state index contributed by atoms with van der Waals surface area (Å²) in [6, 6.07) is 43.6. The van der Waals surface area contributed by atoms with E-state index in [2.05, 4.69) is 170 Å². The monoisotopic (exact) mass is 530 g/mol. The van der Waals surface area contributed by atoms with Crippen LogP contribution in [0.4, 0.5) is 0 Å². The molecule has 0 radical (unpaired) electrons. The van der Waals surface area contributed by atoms with Crippen LogP contribution in [0.3, 0.4) is 0 Å². The Morgan fingerprint density at radius 3 is 1.86 bits per heavy atom. The van der Waals surface area contributed by atoms with Crippen LogP contribution in [0.15, 0.2) is 163 Å². The van der Waals surface area contributed by atoms with E-state index in [1.54, 1.807) is 0 Å². The summed E-state index contributed by atoms with van der Waals surface area (Å²) in [5, 5.41) is 4.93. The molecular weight excluding hydrogens is 504 g/mol. The molecule has 0 nitrogen and oxygen atoms in total. The molecule has 6 aromatic carbocycles. The smallest absolute Gasteiger partial charge is 0.0327 e. The Hall–Kier alpha value is -5.64. The highest BCUT2D eigenvalue weighted by atomic mass is 14.3. The summed E-state index contributed by atoms with van der Waals surface area (Å²) < 4.78 is 0. The van der Waals surface area contributed by atoms with Crippen molar-refractivity contribution >= 4 is 27.1 Å². The van der Waals surface area contributed by atoms with Crippen LogP contribution in [-0.2, 0) is 0 Å². The molecule has 0 atom stereocenters. The van der Waals surface area contributed by atoms with E-state index in [1.807, 2.05) is 0 Å². The fourth-order valence-corrected chi connectivity index (χ4v) is 6.29. The van der Waals surface area contributed by atoms with Gasteiger partial charge in [-0.3, -0.25) is 0 Å². The molecule has 0 aliphatic heterocycles. The van der Waals surface area contributed by atoms with Crippen LogP contribution in [0, 0.1) is 11.8 Å². The van der Waals surface area contributed by atoms with Gasteiger partial charge in [-0.25, -0.2) is 0 Å².